The van der Waals surface area contributed by atoms with Crippen LogP contribution >= 0.6 is 11.6 Å². The minimum Gasteiger partial charge on any atom is -0.399 e. The molecule has 78 valence electrons. The van der Waals surface area contributed by atoms with Gasteiger partial charge in [-0.1, -0.05) is 23.7 Å². The highest BCUT2D eigenvalue weighted by atomic mass is 35.5. The van der Waals surface area contributed by atoms with Crippen LogP contribution in [0.4, 0.5) is 5.69 Å². The monoisotopic (exact) mass is 221 g/mol. The molecule has 1 heterocycles. The summed E-state index contributed by atoms with van der Waals surface area (Å²) in [6, 6.07) is 7.62. The summed E-state index contributed by atoms with van der Waals surface area (Å²) < 4.78 is 1.87. The van der Waals surface area contributed by atoms with Gasteiger partial charge in [-0.15, -0.1) is 0 Å². The highest BCUT2D eigenvalue weighted by Gasteiger charge is 2.09. The lowest BCUT2D eigenvalue weighted by Crippen LogP contribution is -1.98. The largest absolute Gasteiger partial charge is 0.399 e. The highest BCUT2D eigenvalue weighted by molar-refractivity contribution is 6.33. The molecule has 0 aliphatic rings. The zero-order chi connectivity index (χ0) is 10.8. The van der Waals surface area contributed by atoms with Crippen LogP contribution in [-0.2, 0) is 6.54 Å². The predicted octanol–water partition coefficient (Wildman–Crippen LogP) is 2.81. The summed E-state index contributed by atoms with van der Waals surface area (Å²) in [4.78, 5) is 0. The van der Waals surface area contributed by atoms with Crippen molar-refractivity contribution in [2.24, 2.45) is 0 Å². The number of anilines is 1. The van der Waals surface area contributed by atoms with E-state index in [0.29, 0.717) is 5.02 Å². The van der Waals surface area contributed by atoms with Crippen LogP contribution in [-0.4, -0.2) is 9.78 Å². The maximum Gasteiger partial charge on any atom is 0.0868 e. The number of nitrogens with two attached hydrogens (primary N) is 1. The Morgan fingerprint density at radius 2 is 2.00 bits per heavy atom. The van der Waals surface area contributed by atoms with Crippen LogP contribution in [0.2, 0.25) is 5.02 Å². The lowest BCUT2D eigenvalue weighted by atomic mass is 10.1. The average Bonchev–Trinajstić information content (AvgIpc) is 2.61. The van der Waals surface area contributed by atoms with Crippen molar-refractivity contribution in [1.82, 2.24) is 9.78 Å². The minimum absolute atomic E-state index is 0.668. The van der Waals surface area contributed by atoms with Crippen molar-refractivity contribution in [3.8, 4) is 11.3 Å². The summed E-state index contributed by atoms with van der Waals surface area (Å²) in [7, 11) is 0. The number of hydrogen-bond acceptors (Lipinski definition) is 2. The van der Waals surface area contributed by atoms with E-state index in [2.05, 4.69) is 5.10 Å². The predicted molar refractivity (Wildman–Crippen MR) is 62.8 cm³/mol. The Bertz CT molecular complexity index is 459. The van der Waals surface area contributed by atoms with E-state index < -0.39 is 0 Å². The van der Waals surface area contributed by atoms with E-state index in [1.165, 1.54) is 0 Å². The molecule has 0 saturated heterocycles. The van der Waals surface area contributed by atoms with Gasteiger partial charge >= 0.3 is 0 Å². The van der Waals surface area contributed by atoms with Crippen molar-refractivity contribution in [3.63, 3.8) is 0 Å². The molecule has 1 aromatic heterocycles. The van der Waals surface area contributed by atoms with Gasteiger partial charge in [0.1, 0.15) is 0 Å². The van der Waals surface area contributed by atoms with Gasteiger partial charge in [0.2, 0.25) is 0 Å². The molecule has 0 aliphatic carbocycles. The Kier molecular flexibility index (Phi) is 2.64. The topological polar surface area (TPSA) is 43.8 Å². The van der Waals surface area contributed by atoms with Crippen molar-refractivity contribution in [3.05, 3.63) is 35.5 Å². The Morgan fingerprint density at radius 1 is 1.33 bits per heavy atom. The van der Waals surface area contributed by atoms with Crippen LogP contribution in [0.3, 0.4) is 0 Å². The molecule has 0 spiro atoms. The van der Waals surface area contributed by atoms with Gasteiger partial charge in [0.15, 0.2) is 0 Å². The Labute approximate surface area is 93.5 Å². The van der Waals surface area contributed by atoms with Gasteiger partial charge in [0.05, 0.1) is 16.9 Å². The molecule has 1 aromatic carbocycles. The number of aromatic nitrogens is 2. The number of halogens is 1. The molecule has 2 N–H and O–H groups in total. The van der Waals surface area contributed by atoms with Gasteiger partial charge in [-0.25, -0.2) is 0 Å². The highest BCUT2D eigenvalue weighted by Crippen LogP contribution is 2.27. The van der Waals surface area contributed by atoms with Crippen LogP contribution in [0.5, 0.6) is 0 Å². The van der Waals surface area contributed by atoms with Crippen LogP contribution in [0, 0.1) is 0 Å². The number of hydrogen-bond donors (Lipinski definition) is 1. The van der Waals surface area contributed by atoms with Gasteiger partial charge in [0, 0.05) is 17.8 Å². The summed E-state index contributed by atoms with van der Waals surface area (Å²) in [5.41, 5.74) is 8.36. The maximum atomic E-state index is 6.08. The summed E-state index contributed by atoms with van der Waals surface area (Å²) in [5.74, 6) is 0. The second kappa shape index (κ2) is 3.95. The Balaban J connectivity index is 2.52. The number of rotatable bonds is 2. The fourth-order valence-corrected chi connectivity index (χ4v) is 1.78. The van der Waals surface area contributed by atoms with Crippen molar-refractivity contribution < 1.29 is 0 Å². The summed E-state index contributed by atoms with van der Waals surface area (Å²) in [6.45, 7) is 2.83. The number of benzene rings is 1. The molecule has 15 heavy (non-hydrogen) atoms. The molecule has 2 rings (SSSR count). The molecular formula is C11H12ClN3. The zero-order valence-corrected chi connectivity index (χ0v) is 9.20. The van der Waals surface area contributed by atoms with E-state index in [1.54, 1.807) is 6.20 Å². The normalized spacial score (nSPS) is 10.5. The summed E-state index contributed by atoms with van der Waals surface area (Å²) in [6.07, 6.45) is 1.66. The lowest BCUT2D eigenvalue weighted by Gasteiger charge is -2.05. The molecule has 0 saturated carbocycles. The molecule has 0 aliphatic heterocycles. The van der Waals surface area contributed by atoms with E-state index in [9.17, 15) is 0 Å². The van der Waals surface area contributed by atoms with E-state index in [-0.39, 0.29) is 0 Å². The van der Waals surface area contributed by atoms with E-state index in [1.807, 2.05) is 35.9 Å². The van der Waals surface area contributed by atoms with Gasteiger partial charge in [0.25, 0.3) is 0 Å². The first-order valence-corrected chi connectivity index (χ1v) is 5.17. The molecule has 0 bridgehead atoms. The Hall–Kier alpha value is -1.48. The van der Waals surface area contributed by atoms with Gasteiger partial charge in [-0.2, -0.15) is 5.10 Å². The fourth-order valence-electron chi connectivity index (χ4n) is 1.53. The smallest absolute Gasteiger partial charge is 0.0868 e. The molecule has 0 atom stereocenters. The number of aryl methyl sites for hydroxylation is 1. The van der Waals surface area contributed by atoms with Crippen molar-refractivity contribution in [2.75, 3.05) is 5.73 Å². The van der Waals surface area contributed by atoms with Crippen LogP contribution in [0.15, 0.2) is 30.5 Å². The molecule has 2 aromatic rings. The van der Waals surface area contributed by atoms with E-state index >= 15 is 0 Å². The van der Waals surface area contributed by atoms with Gasteiger partial charge in [-0.3, -0.25) is 4.68 Å². The zero-order valence-electron chi connectivity index (χ0n) is 8.44. The third-order valence-corrected chi connectivity index (χ3v) is 2.56. The molecule has 3 nitrogen and oxygen atoms in total. The minimum atomic E-state index is 0.668. The summed E-state index contributed by atoms with van der Waals surface area (Å²) >= 11 is 6.08. The van der Waals surface area contributed by atoms with Crippen LogP contribution in [0.1, 0.15) is 6.92 Å². The standard InChI is InChI=1S/C11H12ClN3/c1-2-15-11(10(12)7-14-15)8-3-5-9(13)6-4-8/h3-7H,2,13H2,1H3. The molecule has 4 heteroatoms. The average molecular weight is 222 g/mol. The van der Waals surface area contributed by atoms with Gasteiger partial charge < -0.3 is 5.73 Å². The number of nitrogens with zero attached hydrogens (tertiary/aromatic N) is 2. The quantitative estimate of drug-likeness (QED) is 0.793. The lowest BCUT2D eigenvalue weighted by molar-refractivity contribution is 0.667. The molecular weight excluding hydrogens is 210 g/mol. The SMILES string of the molecule is CCn1ncc(Cl)c1-c1ccc(N)cc1. The van der Waals surface area contributed by atoms with Crippen LogP contribution in [0.25, 0.3) is 11.3 Å². The van der Waals surface area contributed by atoms with Crippen molar-refractivity contribution in [1.29, 1.82) is 0 Å². The van der Waals surface area contributed by atoms with Crippen molar-refractivity contribution >= 4 is 17.3 Å². The third kappa shape index (κ3) is 1.83. The molecule has 0 radical (unpaired) electrons. The van der Waals surface area contributed by atoms with E-state index in [4.69, 9.17) is 17.3 Å². The fraction of sp³-hybridized carbons (Fsp3) is 0.182. The Morgan fingerprint density at radius 3 is 2.60 bits per heavy atom. The second-order valence-corrected chi connectivity index (χ2v) is 3.69. The van der Waals surface area contributed by atoms with Crippen molar-refractivity contribution in [2.45, 2.75) is 13.5 Å². The molecule has 0 fully saturated rings. The van der Waals surface area contributed by atoms with Crippen LogP contribution < -0.4 is 5.73 Å². The third-order valence-electron chi connectivity index (χ3n) is 2.28. The first-order chi connectivity index (χ1) is 7.22. The maximum absolute atomic E-state index is 6.08. The number of nitrogen functional groups attached to an aromatic ring is 1. The summed E-state index contributed by atoms with van der Waals surface area (Å²) in [5, 5.41) is 4.85. The second-order valence-electron chi connectivity index (χ2n) is 3.28. The first-order valence-electron chi connectivity index (χ1n) is 4.79. The molecule has 0 amide bonds. The van der Waals surface area contributed by atoms with E-state index in [0.717, 1.165) is 23.5 Å². The van der Waals surface area contributed by atoms with Gasteiger partial charge in [-0.05, 0) is 19.1 Å². The first kappa shape index (κ1) is 10.1. The molecule has 0 unspecified atom stereocenters.